The first-order valence-electron chi connectivity index (χ1n) is 18.3. The molecule has 0 unspecified atom stereocenters. The summed E-state index contributed by atoms with van der Waals surface area (Å²) >= 11 is 0. The van der Waals surface area contributed by atoms with E-state index in [9.17, 15) is 76.6 Å². The van der Waals surface area contributed by atoms with Crippen molar-refractivity contribution >= 4 is 65.0 Å². The number of phenolic OH excluding ortho intramolecular Hbond substituents is 15. The molecular weight excluding hydrogens is 808 g/mol. The van der Waals surface area contributed by atoms with Crippen LogP contribution in [0.25, 0.3) is 98.4 Å². The summed E-state index contributed by atoms with van der Waals surface area (Å²) in [5.41, 5.74) is -1.71. The van der Waals surface area contributed by atoms with Crippen LogP contribution in [0.4, 0.5) is 0 Å². The second-order valence-corrected chi connectivity index (χ2v) is 14.6. The molecule has 0 spiro atoms. The molecule has 0 aliphatic heterocycles. The van der Waals surface area contributed by atoms with Gasteiger partial charge in [-0.25, -0.2) is 0 Å². The summed E-state index contributed by atoms with van der Waals surface area (Å²) in [6, 6.07) is 20.6. The van der Waals surface area contributed by atoms with Crippen molar-refractivity contribution in [1.82, 2.24) is 0 Å². The van der Waals surface area contributed by atoms with E-state index in [4.69, 9.17) is 4.42 Å². The van der Waals surface area contributed by atoms with Gasteiger partial charge in [0, 0.05) is 33.0 Å². The van der Waals surface area contributed by atoms with Crippen molar-refractivity contribution in [3.8, 4) is 120 Å². The number of phenols is 15. The molecule has 0 radical (unpaired) electrons. The Bertz CT molecular complexity index is 3630. The average Bonchev–Trinajstić information content (AvgIpc) is 3.67. The molecule has 0 saturated heterocycles. The minimum Gasteiger partial charge on any atom is -0.506 e. The van der Waals surface area contributed by atoms with E-state index in [1.165, 1.54) is 0 Å². The van der Waals surface area contributed by atoms with Crippen molar-refractivity contribution in [1.29, 1.82) is 0 Å². The first-order valence-corrected chi connectivity index (χ1v) is 18.3. The third-order valence-electron chi connectivity index (χ3n) is 11.5. The van der Waals surface area contributed by atoms with E-state index in [2.05, 4.69) is 0 Å². The van der Waals surface area contributed by atoms with Gasteiger partial charge < -0.3 is 81.0 Å². The van der Waals surface area contributed by atoms with Gasteiger partial charge in [-0.05, 0) is 27.1 Å². The number of rotatable bonds is 3. The third-order valence-corrected chi connectivity index (χ3v) is 11.5. The van der Waals surface area contributed by atoms with Crippen molar-refractivity contribution in [2.45, 2.75) is 0 Å². The van der Waals surface area contributed by atoms with Gasteiger partial charge in [0.25, 0.3) is 0 Å². The fraction of sp³-hybridized carbons (Fsp3) is 0. The van der Waals surface area contributed by atoms with Gasteiger partial charge in [0.2, 0.25) is 34.5 Å². The molecule has 10 rings (SSSR count). The zero-order valence-corrected chi connectivity index (χ0v) is 31.1. The second-order valence-electron chi connectivity index (χ2n) is 14.6. The average molecular weight is 837 g/mol. The summed E-state index contributed by atoms with van der Waals surface area (Å²) in [7, 11) is 0. The molecular formula is C46H28O16. The zero-order chi connectivity index (χ0) is 44.0. The summed E-state index contributed by atoms with van der Waals surface area (Å²) in [6.45, 7) is 0. The first kappa shape index (κ1) is 37.1. The largest absolute Gasteiger partial charge is 0.506 e. The van der Waals surface area contributed by atoms with Crippen molar-refractivity contribution in [3.63, 3.8) is 0 Å². The SMILES string of the molecule is Oc1c(O)c(-c2c3ccccc3c(-c3c(O)c(-c4ccccc4)c4c(O)c(O)c(O)c(O)c4c3O)c3ccccc23)c2c(oc3c4c(O)c(O)c(O)c(O)c4c(O)c(O)c32)c1O. The minimum atomic E-state index is -1.25. The maximum atomic E-state index is 12.4. The molecule has 16 nitrogen and oxygen atoms in total. The zero-order valence-electron chi connectivity index (χ0n) is 31.1. The molecule has 0 aliphatic carbocycles. The maximum absolute atomic E-state index is 12.4. The second kappa shape index (κ2) is 12.4. The van der Waals surface area contributed by atoms with Gasteiger partial charge in [-0.15, -0.1) is 0 Å². The number of aromatic hydroxyl groups is 15. The van der Waals surface area contributed by atoms with E-state index in [0.717, 1.165) is 0 Å². The van der Waals surface area contributed by atoms with Crippen LogP contribution in [0, 0.1) is 0 Å². The van der Waals surface area contributed by atoms with Crippen molar-refractivity contribution in [2.75, 3.05) is 0 Å². The molecule has 10 aromatic rings. The number of hydrogen-bond acceptors (Lipinski definition) is 16. The molecule has 0 atom stereocenters. The van der Waals surface area contributed by atoms with E-state index < -0.39 is 124 Å². The predicted molar refractivity (Wildman–Crippen MR) is 225 cm³/mol. The Labute approximate surface area is 343 Å². The van der Waals surface area contributed by atoms with E-state index in [0.29, 0.717) is 0 Å². The molecule has 1 aromatic heterocycles. The van der Waals surface area contributed by atoms with Gasteiger partial charge in [-0.2, -0.15) is 0 Å². The van der Waals surface area contributed by atoms with Crippen molar-refractivity contribution < 1.29 is 81.0 Å². The van der Waals surface area contributed by atoms with Crippen LogP contribution in [0.2, 0.25) is 0 Å². The fourth-order valence-corrected chi connectivity index (χ4v) is 8.77. The van der Waals surface area contributed by atoms with Crippen LogP contribution < -0.4 is 0 Å². The van der Waals surface area contributed by atoms with E-state index in [-0.39, 0.29) is 60.3 Å². The lowest BCUT2D eigenvalue weighted by atomic mass is 9.82. The summed E-state index contributed by atoms with van der Waals surface area (Å²) in [5.74, 6) is -15.9. The molecule has 0 amide bonds. The molecule has 0 bridgehead atoms. The summed E-state index contributed by atoms with van der Waals surface area (Å²) < 4.78 is 5.94. The highest BCUT2D eigenvalue weighted by molar-refractivity contribution is 6.32. The molecule has 0 fully saturated rings. The molecule has 0 aliphatic rings. The van der Waals surface area contributed by atoms with Crippen LogP contribution >= 0.6 is 0 Å². The van der Waals surface area contributed by atoms with E-state index in [1.807, 2.05) is 0 Å². The maximum Gasteiger partial charge on any atom is 0.205 e. The molecule has 0 saturated carbocycles. The van der Waals surface area contributed by atoms with Crippen LogP contribution in [0.5, 0.6) is 86.2 Å². The highest BCUT2D eigenvalue weighted by Crippen LogP contribution is 2.64. The fourth-order valence-electron chi connectivity index (χ4n) is 8.77. The van der Waals surface area contributed by atoms with Gasteiger partial charge in [-0.3, -0.25) is 0 Å². The lowest BCUT2D eigenvalue weighted by Gasteiger charge is -2.23. The van der Waals surface area contributed by atoms with E-state index in [1.54, 1.807) is 78.9 Å². The number of benzene rings is 9. The number of hydrogen-bond donors (Lipinski definition) is 15. The molecule has 15 N–H and O–H groups in total. The molecule has 9 aromatic carbocycles. The lowest BCUT2D eigenvalue weighted by molar-refractivity contribution is 0.349. The highest BCUT2D eigenvalue weighted by Gasteiger charge is 2.36. The number of furan rings is 1. The Balaban J connectivity index is 1.44. The number of fused-ring (bicyclic) bond motifs is 8. The lowest BCUT2D eigenvalue weighted by Crippen LogP contribution is -1.95. The van der Waals surface area contributed by atoms with Gasteiger partial charge in [0.15, 0.2) is 51.4 Å². The molecule has 62 heavy (non-hydrogen) atoms. The summed E-state index contributed by atoms with van der Waals surface area (Å²) in [5, 5.41) is 166. The van der Waals surface area contributed by atoms with E-state index >= 15 is 0 Å². The molecule has 1 heterocycles. The monoisotopic (exact) mass is 836 g/mol. The van der Waals surface area contributed by atoms with Crippen LogP contribution in [-0.2, 0) is 0 Å². The Morgan fingerprint density at radius 2 is 0.597 bits per heavy atom. The molecule has 16 heteroatoms. The molecule has 308 valence electrons. The van der Waals surface area contributed by atoms with Crippen molar-refractivity contribution in [2.24, 2.45) is 0 Å². The smallest absolute Gasteiger partial charge is 0.205 e. The summed E-state index contributed by atoms with van der Waals surface area (Å²) in [4.78, 5) is 0. The van der Waals surface area contributed by atoms with Crippen LogP contribution in [0.3, 0.4) is 0 Å². The van der Waals surface area contributed by atoms with Gasteiger partial charge >= 0.3 is 0 Å². The Kier molecular flexibility index (Phi) is 7.43. The Hall–Kier alpha value is -9.18. The van der Waals surface area contributed by atoms with Gasteiger partial charge in [0.1, 0.15) is 11.5 Å². The Morgan fingerprint density at radius 1 is 0.226 bits per heavy atom. The Morgan fingerprint density at radius 3 is 1.11 bits per heavy atom. The van der Waals surface area contributed by atoms with Crippen LogP contribution in [-0.4, -0.2) is 76.6 Å². The van der Waals surface area contributed by atoms with Crippen molar-refractivity contribution in [3.05, 3.63) is 78.9 Å². The van der Waals surface area contributed by atoms with Crippen LogP contribution in [0.1, 0.15) is 0 Å². The predicted octanol–water partition coefficient (Wildman–Crippen LogP) is 8.78. The standard InChI is InChI=1S/C46H28O16/c47-30-19(14-8-2-1-3-9-14)22-26(35(52)40(57)39(56)32(22)49)31(48)25(30)21-17-12-6-4-10-15(17)20(16-11-5-7-13-18(16)21)23-24-28-37(54)34(51)27-29(38(55)42(59)41(58)36(27)53)45(28)62-46(24)44(61)43(60)33(23)50/h1-13,47-61H. The van der Waals surface area contributed by atoms with Crippen LogP contribution in [0.15, 0.2) is 83.3 Å². The quantitative estimate of drug-likeness (QED) is 0.0449. The third kappa shape index (κ3) is 4.43. The van der Waals surface area contributed by atoms with Gasteiger partial charge in [-0.1, -0.05) is 78.9 Å². The van der Waals surface area contributed by atoms with Gasteiger partial charge in [0.05, 0.1) is 27.1 Å². The normalized spacial score (nSPS) is 11.9. The minimum absolute atomic E-state index is 0.0474. The summed E-state index contributed by atoms with van der Waals surface area (Å²) in [6.07, 6.45) is 0. The highest BCUT2D eigenvalue weighted by atomic mass is 16.4. The topological polar surface area (TPSA) is 317 Å². The first-order chi connectivity index (χ1) is 29.6.